The van der Waals surface area contributed by atoms with Crippen molar-refractivity contribution in [2.75, 3.05) is 27.2 Å². The van der Waals surface area contributed by atoms with Gasteiger partial charge in [-0.15, -0.1) is 0 Å². The van der Waals surface area contributed by atoms with Crippen LogP contribution in [0.4, 0.5) is 4.79 Å². The number of carboxylic acids is 1. The molecule has 1 aliphatic carbocycles. The van der Waals surface area contributed by atoms with Crippen LogP contribution in [-0.4, -0.2) is 55.1 Å². The Morgan fingerprint density at radius 1 is 1.33 bits per heavy atom. The number of carbonyl (C=O) groups is 3. The fourth-order valence-electron chi connectivity index (χ4n) is 2.63. The predicted octanol–water partition coefficient (Wildman–Crippen LogP) is 0.655. The molecule has 1 unspecified atom stereocenters. The topological polar surface area (TPSA) is 98.7 Å². The first-order chi connectivity index (χ1) is 9.79. The summed E-state index contributed by atoms with van der Waals surface area (Å²) in [6, 6.07) is -0.276. The standard InChI is InChI=1S/C14H25N3O4/c1-10(12(20)15-2)8-17(3)13(21)16-9-14(5-4-6-14)7-11(18)19/h10H,4-9H2,1-3H3,(H,15,20)(H,16,21)(H,18,19). The number of carbonyl (C=O) groups excluding carboxylic acids is 2. The molecule has 3 amide bonds. The van der Waals surface area contributed by atoms with E-state index in [0.29, 0.717) is 13.1 Å². The molecule has 21 heavy (non-hydrogen) atoms. The molecule has 3 N–H and O–H groups in total. The highest BCUT2D eigenvalue weighted by Crippen LogP contribution is 2.43. The molecular weight excluding hydrogens is 274 g/mol. The maximum absolute atomic E-state index is 12.0. The third kappa shape index (κ3) is 4.91. The first kappa shape index (κ1) is 17.3. The van der Waals surface area contributed by atoms with E-state index in [0.717, 1.165) is 19.3 Å². The number of nitrogens with zero attached hydrogens (tertiary/aromatic N) is 1. The lowest BCUT2D eigenvalue weighted by Crippen LogP contribution is -2.48. The minimum absolute atomic E-state index is 0.0889. The Hall–Kier alpha value is -1.79. The summed E-state index contributed by atoms with van der Waals surface area (Å²) >= 11 is 0. The van der Waals surface area contributed by atoms with Crippen molar-refractivity contribution in [2.24, 2.45) is 11.3 Å². The zero-order valence-electron chi connectivity index (χ0n) is 12.9. The van der Waals surface area contributed by atoms with E-state index in [1.165, 1.54) is 4.90 Å². The Bertz CT molecular complexity index is 407. The van der Waals surface area contributed by atoms with Crippen LogP contribution in [0.15, 0.2) is 0 Å². The molecule has 7 heteroatoms. The van der Waals surface area contributed by atoms with Gasteiger partial charge < -0.3 is 20.6 Å². The second-order valence-electron chi connectivity index (χ2n) is 5.98. The Morgan fingerprint density at radius 2 is 1.95 bits per heavy atom. The molecule has 0 spiro atoms. The number of urea groups is 1. The van der Waals surface area contributed by atoms with E-state index in [4.69, 9.17) is 5.11 Å². The molecule has 120 valence electrons. The van der Waals surface area contributed by atoms with Crippen LogP contribution < -0.4 is 10.6 Å². The van der Waals surface area contributed by atoms with Gasteiger partial charge in [0.2, 0.25) is 5.91 Å². The van der Waals surface area contributed by atoms with E-state index in [9.17, 15) is 14.4 Å². The molecule has 1 aliphatic rings. The van der Waals surface area contributed by atoms with E-state index in [1.54, 1.807) is 21.0 Å². The van der Waals surface area contributed by atoms with Gasteiger partial charge in [-0.05, 0) is 18.3 Å². The molecule has 0 radical (unpaired) electrons. The SMILES string of the molecule is CNC(=O)C(C)CN(C)C(=O)NCC1(CC(=O)O)CCC1. The highest BCUT2D eigenvalue weighted by molar-refractivity contribution is 5.79. The molecule has 7 nitrogen and oxygen atoms in total. The van der Waals surface area contributed by atoms with Crippen molar-refractivity contribution in [2.45, 2.75) is 32.6 Å². The van der Waals surface area contributed by atoms with E-state index in [1.807, 2.05) is 0 Å². The second-order valence-corrected chi connectivity index (χ2v) is 5.98. The summed E-state index contributed by atoms with van der Waals surface area (Å²) < 4.78 is 0. The van der Waals surface area contributed by atoms with Crippen molar-refractivity contribution in [3.8, 4) is 0 Å². The molecule has 1 rings (SSSR count). The molecule has 0 saturated heterocycles. The van der Waals surface area contributed by atoms with Crippen LogP contribution in [0.2, 0.25) is 0 Å². The molecule has 1 fully saturated rings. The Labute approximate surface area is 125 Å². The van der Waals surface area contributed by atoms with Crippen molar-refractivity contribution in [1.82, 2.24) is 15.5 Å². The molecular formula is C14H25N3O4. The summed E-state index contributed by atoms with van der Waals surface area (Å²) in [5.41, 5.74) is -0.297. The predicted molar refractivity (Wildman–Crippen MR) is 77.8 cm³/mol. The van der Waals surface area contributed by atoms with E-state index in [2.05, 4.69) is 10.6 Å². The lowest BCUT2D eigenvalue weighted by Gasteiger charge is -2.41. The zero-order valence-corrected chi connectivity index (χ0v) is 12.9. The summed E-state index contributed by atoms with van der Waals surface area (Å²) in [7, 11) is 3.19. The van der Waals surface area contributed by atoms with Crippen molar-refractivity contribution in [1.29, 1.82) is 0 Å². The maximum Gasteiger partial charge on any atom is 0.317 e. The normalized spacial score (nSPS) is 17.3. The fourth-order valence-corrected chi connectivity index (χ4v) is 2.63. The molecule has 0 heterocycles. The summed E-state index contributed by atoms with van der Waals surface area (Å²) in [6.07, 6.45) is 2.76. The molecule has 0 bridgehead atoms. The van der Waals surface area contributed by atoms with Crippen LogP contribution in [0.3, 0.4) is 0 Å². The number of hydrogen-bond acceptors (Lipinski definition) is 3. The van der Waals surface area contributed by atoms with Gasteiger partial charge in [0.05, 0.1) is 12.3 Å². The van der Waals surface area contributed by atoms with Crippen molar-refractivity contribution >= 4 is 17.9 Å². The van der Waals surface area contributed by atoms with Crippen LogP contribution in [0, 0.1) is 11.3 Å². The van der Waals surface area contributed by atoms with Gasteiger partial charge in [-0.2, -0.15) is 0 Å². The van der Waals surface area contributed by atoms with Crippen LogP contribution in [-0.2, 0) is 9.59 Å². The Balaban J connectivity index is 2.42. The van der Waals surface area contributed by atoms with Gasteiger partial charge in [0.1, 0.15) is 0 Å². The van der Waals surface area contributed by atoms with Crippen LogP contribution in [0.5, 0.6) is 0 Å². The monoisotopic (exact) mass is 299 g/mol. The van der Waals surface area contributed by atoms with Gasteiger partial charge in [0, 0.05) is 27.2 Å². The fraction of sp³-hybridized carbons (Fsp3) is 0.786. The van der Waals surface area contributed by atoms with Gasteiger partial charge in [-0.1, -0.05) is 13.3 Å². The summed E-state index contributed by atoms with van der Waals surface area (Å²) in [4.78, 5) is 35.8. The zero-order chi connectivity index (χ0) is 16.0. The van der Waals surface area contributed by atoms with E-state index < -0.39 is 5.97 Å². The van der Waals surface area contributed by atoms with Gasteiger partial charge in [0.15, 0.2) is 0 Å². The third-order valence-corrected chi connectivity index (χ3v) is 4.14. The smallest absolute Gasteiger partial charge is 0.317 e. The molecule has 1 saturated carbocycles. The van der Waals surface area contributed by atoms with Gasteiger partial charge >= 0.3 is 12.0 Å². The number of carboxylic acid groups (broad SMARTS) is 1. The minimum atomic E-state index is -0.828. The van der Waals surface area contributed by atoms with E-state index in [-0.39, 0.29) is 29.7 Å². The minimum Gasteiger partial charge on any atom is -0.481 e. The first-order valence-corrected chi connectivity index (χ1v) is 7.22. The second kappa shape index (κ2) is 7.28. The molecule has 0 aliphatic heterocycles. The molecule has 0 aromatic carbocycles. The molecule has 1 atom stereocenters. The maximum atomic E-state index is 12.0. The van der Waals surface area contributed by atoms with Crippen molar-refractivity contribution in [3.63, 3.8) is 0 Å². The third-order valence-electron chi connectivity index (χ3n) is 4.14. The Morgan fingerprint density at radius 3 is 2.38 bits per heavy atom. The number of hydrogen-bond donors (Lipinski definition) is 3. The average Bonchev–Trinajstić information content (AvgIpc) is 2.39. The van der Waals surface area contributed by atoms with E-state index >= 15 is 0 Å². The highest BCUT2D eigenvalue weighted by atomic mass is 16.4. The number of rotatable bonds is 7. The van der Waals surface area contributed by atoms with Crippen molar-refractivity contribution < 1.29 is 19.5 Å². The number of nitrogens with one attached hydrogen (secondary N) is 2. The summed E-state index contributed by atoms with van der Waals surface area (Å²) in [6.45, 7) is 2.44. The largest absolute Gasteiger partial charge is 0.481 e. The van der Waals surface area contributed by atoms with Crippen LogP contribution in [0.1, 0.15) is 32.6 Å². The Kier molecular flexibility index (Phi) is 5.99. The number of aliphatic carboxylic acids is 1. The highest BCUT2D eigenvalue weighted by Gasteiger charge is 2.39. The molecule has 0 aromatic rings. The quantitative estimate of drug-likeness (QED) is 0.643. The van der Waals surface area contributed by atoms with Crippen LogP contribution >= 0.6 is 0 Å². The van der Waals surface area contributed by atoms with Crippen molar-refractivity contribution in [3.05, 3.63) is 0 Å². The van der Waals surface area contributed by atoms with Gasteiger partial charge in [-0.3, -0.25) is 9.59 Å². The lowest BCUT2D eigenvalue weighted by molar-refractivity contribution is -0.141. The van der Waals surface area contributed by atoms with Crippen LogP contribution in [0.25, 0.3) is 0 Å². The average molecular weight is 299 g/mol. The number of amides is 3. The summed E-state index contributed by atoms with van der Waals surface area (Å²) in [5.74, 6) is -1.23. The molecule has 0 aromatic heterocycles. The van der Waals surface area contributed by atoms with Gasteiger partial charge in [-0.25, -0.2) is 4.79 Å². The van der Waals surface area contributed by atoms with Gasteiger partial charge in [0.25, 0.3) is 0 Å². The first-order valence-electron chi connectivity index (χ1n) is 7.22. The lowest BCUT2D eigenvalue weighted by atomic mass is 9.66. The summed E-state index contributed by atoms with van der Waals surface area (Å²) in [5, 5.41) is 14.3.